The Morgan fingerprint density at radius 3 is 2.42 bits per heavy atom. The van der Waals surface area contributed by atoms with Crippen molar-refractivity contribution in [1.29, 1.82) is 0 Å². The van der Waals surface area contributed by atoms with Crippen LogP contribution in [-0.2, 0) is 13.1 Å². The van der Waals surface area contributed by atoms with E-state index in [0.717, 1.165) is 23.5 Å². The minimum absolute atomic E-state index is 0.0337. The maximum absolute atomic E-state index is 13.4. The highest BCUT2D eigenvalue weighted by Crippen LogP contribution is 2.35. The normalized spacial score (nSPS) is 13.7. The second-order valence-electron chi connectivity index (χ2n) is 4.56. The summed E-state index contributed by atoms with van der Waals surface area (Å²) in [6.45, 7) is 1.40. The van der Waals surface area contributed by atoms with Crippen molar-refractivity contribution < 1.29 is 4.39 Å². The Bertz CT molecular complexity index is 635. The molecule has 0 atom stereocenters. The van der Waals surface area contributed by atoms with Gasteiger partial charge in [-0.15, -0.1) is 0 Å². The molecule has 2 aromatic rings. The molecule has 0 radical (unpaired) electrons. The molecule has 0 saturated heterocycles. The first-order valence-electron chi connectivity index (χ1n) is 5.82. The highest BCUT2D eigenvalue weighted by Gasteiger charge is 2.22. The van der Waals surface area contributed by atoms with Crippen LogP contribution in [0.1, 0.15) is 11.1 Å². The summed E-state index contributed by atoms with van der Waals surface area (Å²) < 4.78 is 13.4. The Morgan fingerprint density at radius 1 is 1.11 bits per heavy atom. The van der Waals surface area contributed by atoms with Crippen molar-refractivity contribution in [3.8, 4) is 0 Å². The van der Waals surface area contributed by atoms with E-state index < -0.39 is 5.82 Å². The van der Waals surface area contributed by atoms with Crippen LogP contribution in [0.5, 0.6) is 0 Å². The van der Waals surface area contributed by atoms with E-state index in [4.69, 9.17) is 28.9 Å². The number of rotatable bonds is 1. The Morgan fingerprint density at radius 2 is 1.79 bits per heavy atom. The van der Waals surface area contributed by atoms with Gasteiger partial charge in [-0.2, -0.15) is 0 Å². The van der Waals surface area contributed by atoms with Crippen LogP contribution in [0.25, 0.3) is 0 Å². The summed E-state index contributed by atoms with van der Waals surface area (Å²) in [4.78, 5) is 2.07. The molecule has 1 aliphatic heterocycles. The fourth-order valence-corrected chi connectivity index (χ4v) is 2.83. The van der Waals surface area contributed by atoms with E-state index in [9.17, 15) is 4.39 Å². The molecular weight excluding hydrogens is 286 g/mol. The minimum Gasteiger partial charge on any atom is -0.398 e. The van der Waals surface area contributed by atoms with E-state index in [1.54, 1.807) is 12.1 Å². The molecule has 0 saturated carbocycles. The van der Waals surface area contributed by atoms with Crippen molar-refractivity contribution in [2.75, 3.05) is 10.6 Å². The summed E-state index contributed by atoms with van der Waals surface area (Å²) in [6.07, 6.45) is 0. The van der Waals surface area contributed by atoms with E-state index in [-0.39, 0.29) is 10.0 Å². The molecule has 2 N–H and O–H groups in total. The van der Waals surface area contributed by atoms with Gasteiger partial charge in [0.15, 0.2) is 5.82 Å². The van der Waals surface area contributed by atoms with Gasteiger partial charge in [0.25, 0.3) is 0 Å². The van der Waals surface area contributed by atoms with Gasteiger partial charge < -0.3 is 10.6 Å². The summed E-state index contributed by atoms with van der Waals surface area (Å²) in [5.41, 5.74) is 9.82. The second-order valence-corrected chi connectivity index (χ2v) is 5.38. The molecule has 0 unspecified atom stereocenters. The molecule has 2 aromatic carbocycles. The van der Waals surface area contributed by atoms with Crippen LogP contribution in [0, 0.1) is 5.82 Å². The molecular formula is C14H11Cl2FN2. The van der Waals surface area contributed by atoms with Gasteiger partial charge >= 0.3 is 0 Å². The highest BCUT2D eigenvalue weighted by atomic mass is 35.5. The number of halogens is 3. The predicted octanol–water partition coefficient (Wildman–Crippen LogP) is 4.23. The lowest BCUT2D eigenvalue weighted by Gasteiger charge is -2.18. The largest absolute Gasteiger partial charge is 0.398 e. The van der Waals surface area contributed by atoms with Crippen LogP contribution in [0.4, 0.5) is 15.8 Å². The number of benzene rings is 2. The lowest BCUT2D eigenvalue weighted by molar-refractivity contribution is 0.628. The third kappa shape index (κ3) is 2.13. The van der Waals surface area contributed by atoms with Crippen molar-refractivity contribution in [3.05, 3.63) is 57.3 Å². The smallest absolute Gasteiger partial charge is 0.160 e. The fourth-order valence-electron chi connectivity index (χ4n) is 2.36. The quantitative estimate of drug-likeness (QED) is 0.630. The molecule has 1 heterocycles. The van der Waals surface area contributed by atoms with Crippen LogP contribution in [0.3, 0.4) is 0 Å². The standard InChI is InChI=1S/C14H11Cl2FN2/c15-11-4-9(5-12(16)14(11)17)19-6-8-2-1-3-13(18)10(8)7-19/h1-5H,6-7,18H2. The number of nitrogens with zero attached hydrogens (tertiary/aromatic N) is 1. The number of nitrogens with two attached hydrogens (primary N) is 1. The average molecular weight is 297 g/mol. The summed E-state index contributed by atoms with van der Waals surface area (Å²) in [7, 11) is 0. The maximum atomic E-state index is 13.4. The summed E-state index contributed by atoms with van der Waals surface area (Å²) in [5.74, 6) is -0.580. The third-order valence-corrected chi connectivity index (χ3v) is 3.90. The molecule has 0 fully saturated rings. The first kappa shape index (κ1) is 12.6. The van der Waals surface area contributed by atoms with Crippen molar-refractivity contribution in [1.82, 2.24) is 0 Å². The van der Waals surface area contributed by atoms with Crippen LogP contribution in [-0.4, -0.2) is 0 Å². The predicted molar refractivity (Wildman–Crippen MR) is 77.2 cm³/mol. The monoisotopic (exact) mass is 296 g/mol. The molecule has 98 valence electrons. The number of nitrogen functional groups attached to an aromatic ring is 1. The maximum Gasteiger partial charge on any atom is 0.160 e. The zero-order valence-corrected chi connectivity index (χ0v) is 11.5. The first-order valence-corrected chi connectivity index (χ1v) is 6.57. The SMILES string of the molecule is Nc1cccc2c1CN(c1cc(Cl)c(F)c(Cl)c1)C2. The molecule has 3 rings (SSSR count). The average Bonchev–Trinajstić information content (AvgIpc) is 2.81. The van der Waals surface area contributed by atoms with Crippen molar-refractivity contribution in [2.45, 2.75) is 13.1 Å². The van der Waals surface area contributed by atoms with Crippen LogP contribution < -0.4 is 10.6 Å². The van der Waals surface area contributed by atoms with Gasteiger partial charge in [0.05, 0.1) is 10.0 Å². The Labute approximate surface area is 120 Å². The van der Waals surface area contributed by atoms with Gasteiger partial charge in [-0.1, -0.05) is 35.3 Å². The number of anilines is 2. The van der Waals surface area contributed by atoms with Gasteiger partial charge in [0, 0.05) is 24.5 Å². The third-order valence-electron chi connectivity index (χ3n) is 3.35. The Balaban J connectivity index is 1.97. The molecule has 0 spiro atoms. The van der Waals surface area contributed by atoms with E-state index in [1.165, 1.54) is 5.56 Å². The molecule has 0 aromatic heterocycles. The van der Waals surface area contributed by atoms with Gasteiger partial charge in [0.1, 0.15) is 0 Å². The van der Waals surface area contributed by atoms with Crippen molar-refractivity contribution >= 4 is 34.6 Å². The minimum atomic E-state index is -0.580. The van der Waals surface area contributed by atoms with Crippen LogP contribution in [0.2, 0.25) is 10.0 Å². The number of hydrogen-bond acceptors (Lipinski definition) is 2. The van der Waals surface area contributed by atoms with Crippen LogP contribution in [0.15, 0.2) is 30.3 Å². The van der Waals surface area contributed by atoms with E-state index in [2.05, 4.69) is 4.90 Å². The van der Waals surface area contributed by atoms with Crippen molar-refractivity contribution in [2.24, 2.45) is 0 Å². The molecule has 19 heavy (non-hydrogen) atoms. The molecule has 1 aliphatic rings. The molecule has 0 aliphatic carbocycles. The highest BCUT2D eigenvalue weighted by molar-refractivity contribution is 6.35. The first-order chi connectivity index (χ1) is 9.06. The van der Waals surface area contributed by atoms with Gasteiger partial charge in [-0.25, -0.2) is 4.39 Å². The van der Waals surface area contributed by atoms with Gasteiger partial charge in [-0.3, -0.25) is 0 Å². The molecule has 5 heteroatoms. The summed E-state index contributed by atoms with van der Waals surface area (Å²) in [5, 5.41) is 0.0675. The number of hydrogen-bond donors (Lipinski definition) is 1. The van der Waals surface area contributed by atoms with Crippen LogP contribution >= 0.6 is 23.2 Å². The lowest BCUT2D eigenvalue weighted by Crippen LogP contribution is -2.14. The fraction of sp³-hybridized carbons (Fsp3) is 0.143. The van der Waals surface area contributed by atoms with Gasteiger partial charge in [-0.05, 0) is 29.3 Å². The second kappa shape index (κ2) is 4.58. The zero-order chi connectivity index (χ0) is 13.6. The Hall–Kier alpha value is -1.45. The van der Waals surface area contributed by atoms with E-state index in [0.29, 0.717) is 6.54 Å². The lowest BCUT2D eigenvalue weighted by atomic mass is 10.1. The Kier molecular flexibility index (Phi) is 3.03. The summed E-state index contributed by atoms with van der Waals surface area (Å²) in [6, 6.07) is 9.03. The topological polar surface area (TPSA) is 29.3 Å². The number of fused-ring (bicyclic) bond motifs is 1. The molecule has 2 nitrogen and oxygen atoms in total. The molecule has 0 amide bonds. The zero-order valence-electron chi connectivity index (χ0n) is 9.96. The van der Waals surface area contributed by atoms with E-state index >= 15 is 0 Å². The van der Waals surface area contributed by atoms with Gasteiger partial charge in [0.2, 0.25) is 0 Å². The van der Waals surface area contributed by atoms with E-state index in [1.807, 2.05) is 18.2 Å². The van der Waals surface area contributed by atoms with Crippen molar-refractivity contribution in [3.63, 3.8) is 0 Å². The molecule has 0 bridgehead atoms. The summed E-state index contributed by atoms with van der Waals surface area (Å²) >= 11 is 11.7.